The quantitative estimate of drug-likeness (QED) is 0.159. The van der Waals surface area contributed by atoms with Gasteiger partial charge in [0.15, 0.2) is 0 Å². The minimum Gasteiger partial charge on any atom is -0.481 e. The molecule has 27 heavy (non-hydrogen) atoms. The Bertz CT molecular complexity index is 415. The molecular weight excluding hydrogens is 340 g/mol. The second-order valence-corrected chi connectivity index (χ2v) is 7.23. The van der Waals surface area contributed by atoms with E-state index < -0.39 is 17.9 Å². The molecule has 0 aromatic heterocycles. The number of ether oxygens (including phenoxy) is 1. The van der Waals surface area contributed by atoms with Crippen molar-refractivity contribution >= 4 is 11.9 Å². The third kappa shape index (κ3) is 17.6. The molecule has 0 heterocycles. The number of carboxylic acids is 1. The fraction of sp³-hybridized carbons (Fsp3) is 0.739. The van der Waals surface area contributed by atoms with Gasteiger partial charge in [-0.2, -0.15) is 0 Å². The Labute approximate surface area is 166 Å². The van der Waals surface area contributed by atoms with Crippen LogP contribution >= 0.6 is 0 Å². The first-order valence-electron chi connectivity index (χ1n) is 10.8. The lowest BCUT2D eigenvalue weighted by Crippen LogP contribution is -2.19. The van der Waals surface area contributed by atoms with Crippen LogP contribution in [0.3, 0.4) is 0 Å². The van der Waals surface area contributed by atoms with E-state index in [9.17, 15) is 14.7 Å². The second kappa shape index (κ2) is 19.2. The molecule has 0 spiro atoms. The molecule has 0 fully saturated rings. The topological polar surface area (TPSA) is 63.6 Å². The average Bonchev–Trinajstić information content (AvgIpc) is 2.65. The predicted octanol–water partition coefficient (Wildman–Crippen LogP) is 6.45. The van der Waals surface area contributed by atoms with Gasteiger partial charge in [0.05, 0.1) is 12.3 Å². The van der Waals surface area contributed by atoms with Gasteiger partial charge in [-0.25, -0.2) is 0 Å². The zero-order chi connectivity index (χ0) is 20.2. The zero-order valence-corrected chi connectivity index (χ0v) is 17.3. The summed E-state index contributed by atoms with van der Waals surface area (Å²) >= 11 is 0. The molecule has 0 aliphatic heterocycles. The van der Waals surface area contributed by atoms with E-state index in [1.807, 2.05) is 0 Å². The van der Waals surface area contributed by atoms with E-state index in [-0.39, 0.29) is 13.0 Å². The molecule has 1 N–H and O–H groups in total. The van der Waals surface area contributed by atoms with Crippen molar-refractivity contribution in [2.75, 3.05) is 6.61 Å². The molecule has 0 bridgehead atoms. The van der Waals surface area contributed by atoms with E-state index in [0.717, 1.165) is 19.3 Å². The lowest BCUT2D eigenvalue weighted by atomic mass is 9.97. The van der Waals surface area contributed by atoms with Crippen molar-refractivity contribution in [3.05, 3.63) is 24.8 Å². The lowest BCUT2D eigenvalue weighted by Gasteiger charge is -2.11. The number of carboxylic acid groups (broad SMARTS) is 1. The SMILES string of the molecule is C=CCOC(=O)CC(CCCCCCCCC/C=C/CCCCC)C(=O)O. The molecule has 0 saturated carbocycles. The molecule has 0 aliphatic rings. The lowest BCUT2D eigenvalue weighted by molar-refractivity contribution is -0.151. The van der Waals surface area contributed by atoms with Crippen LogP contribution in [-0.4, -0.2) is 23.7 Å². The molecular formula is C23H40O4. The Morgan fingerprint density at radius 2 is 1.48 bits per heavy atom. The van der Waals surface area contributed by atoms with Crippen LogP contribution in [0.5, 0.6) is 0 Å². The largest absolute Gasteiger partial charge is 0.481 e. The van der Waals surface area contributed by atoms with Crippen LogP contribution in [0.15, 0.2) is 24.8 Å². The van der Waals surface area contributed by atoms with E-state index in [4.69, 9.17) is 4.74 Å². The third-order valence-corrected chi connectivity index (χ3v) is 4.69. The van der Waals surface area contributed by atoms with Crippen LogP contribution in [0.1, 0.15) is 96.8 Å². The summed E-state index contributed by atoms with van der Waals surface area (Å²) in [4.78, 5) is 22.8. The molecule has 4 heteroatoms. The summed E-state index contributed by atoms with van der Waals surface area (Å²) in [7, 11) is 0. The first-order chi connectivity index (χ1) is 13.1. The van der Waals surface area contributed by atoms with Crippen LogP contribution in [0, 0.1) is 5.92 Å². The van der Waals surface area contributed by atoms with Gasteiger partial charge in [0.25, 0.3) is 0 Å². The van der Waals surface area contributed by atoms with Crippen LogP contribution in [0.25, 0.3) is 0 Å². The van der Waals surface area contributed by atoms with Gasteiger partial charge in [0, 0.05) is 0 Å². The van der Waals surface area contributed by atoms with Gasteiger partial charge in [-0.1, -0.05) is 83.1 Å². The van der Waals surface area contributed by atoms with Crippen LogP contribution in [0.2, 0.25) is 0 Å². The third-order valence-electron chi connectivity index (χ3n) is 4.69. The van der Waals surface area contributed by atoms with Crippen molar-refractivity contribution in [3.8, 4) is 0 Å². The van der Waals surface area contributed by atoms with Gasteiger partial charge in [-0.15, -0.1) is 0 Å². The molecule has 1 atom stereocenters. The molecule has 0 aromatic rings. The summed E-state index contributed by atoms with van der Waals surface area (Å²) in [5, 5.41) is 9.22. The van der Waals surface area contributed by atoms with Crippen molar-refractivity contribution in [1.82, 2.24) is 0 Å². The fourth-order valence-corrected chi connectivity index (χ4v) is 3.01. The number of aliphatic carboxylic acids is 1. The monoisotopic (exact) mass is 380 g/mol. The van der Waals surface area contributed by atoms with E-state index in [1.165, 1.54) is 63.9 Å². The maximum Gasteiger partial charge on any atom is 0.307 e. The highest BCUT2D eigenvalue weighted by Gasteiger charge is 2.21. The van der Waals surface area contributed by atoms with Crippen molar-refractivity contribution < 1.29 is 19.4 Å². The van der Waals surface area contributed by atoms with Gasteiger partial charge >= 0.3 is 11.9 Å². The number of hydrogen-bond donors (Lipinski definition) is 1. The molecule has 1 unspecified atom stereocenters. The number of rotatable bonds is 19. The van der Waals surface area contributed by atoms with Crippen LogP contribution in [-0.2, 0) is 14.3 Å². The number of carbonyl (C=O) groups excluding carboxylic acids is 1. The maximum atomic E-state index is 11.5. The van der Waals surface area contributed by atoms with Crippen molar-refractivity contribution in [2.24, 2.45) is 5.92 Å². The Hall–Kier alpha value is -1.58. The highest BCUT2D eigenvalue weighted by Crippen LogP contribution is 2.17. The number of allylic oxidation sites excluding steroid dienone is 2. The summed E-state index contributed by atoms with van der Waals surface area (Å²) in [5.41, 5.74) is 0. The zero-order valence-electron chi connectivity index (χ0n) is 17.3. The molecule has 0 aromatic carbocycles. The van der Waals surface area contributed by atoms with E-state index in [1.54, 1.807) is 0 Å². The fourth-order valence-electron chi connectivity index (χ4n) is 3.01. The highest BCUT2D eigenvalue weighted by molar-refractivity contribution is 5.78. The normalized spacial score (nSPS) is 12.2. The van der Waals surface area contributed by atoms with Gasteiger partial charge < -0.3 is 9.84 Å². The molecule has 0 radical (unpaired) electrons. The average molecular weight is 381 g/mol. The molecule has 4 nitrogen and oxygen atoms in total. The summed E-state index contributed by atoms with van der Waals surface area (Å²) in [6.45, 7) is 5.84. The Morgan fingerprint density at radius 3 is 2.04 bits per heavy atom. The molecule has 156 valence electrons. The first-order valence-corrected chi connectivity index (χ1v) is 10.8. The summed E-state index contributed by atoms with van der Waals surface area (Å²) in [5.74, 6) is -2.00. The number of unbranched alkanes of at least 4 members (excludes halogenated alkanes) is 10. The minimum absolute atomic E-state index is 0.0465. The Morgan fingerprint density at radius 1 is 0.926 bits per heavy atom. The summed E-state index contributed by atoms with van der Waals surface area (Å²) in [6.07, 6.45) is 21.0. The van der Waals surface area contributed by atoms with Gasteiger partial charge in [0.1, 0.15) is 6.61 Å². The summed E-state index contributed by atoms with van der Waals surface area (Å²) < 4.78 is 4.87. The van der Waals surface area contributed by atoms with Gasteiger partial charge in [-0.05, 0) is 32.1 Å². The van der Waals surface area contributed by atoms with Crippen molar-refractivity contribution in [3.63, 3.8) is 0 Å². The second-order valence-electron chi connectivity index (χ2n) is 7.23. The molecule has 0 amide bonds. The van der Waals surface area contributed by atoms with Gasteiger partial charge in [0.2, 0.25) is 0 Å². The Kier molecular flexibility index (Phi) is 18.1. The van der Waals surface area contributed by atoms with E-state index in [2.05, 4.69) is 25.7 Å². The first kappa shape index (κ1) is 25.4. The van der Waals surface area contributed by atoms with Crippen LogP contribution < -0.4 is 0 Å². The summed E-state index contributed by atoms with van der Waals surface area (Å²) in [6, 6.07) is 0. The highest BCUT2D eigenvalue weighted by atomic mass is 16.5. The van der Waals surface area contributed by atoms with Gasteiger partial charge in [-0.3, -0.25) is 9.59 Å². The number of esters is 1. The molecule has 0 saturated heterocycles. The predicted molar refractivity (Wildman–Crippen MR) is 112 cm³/mol. The molecule has 0 rings (SSSR count). The van der Waals surface area contributed by atoms with E-state index in [0.29, 0.717) is 6.42 Å². The number of hydrogen-bond acceptors (Lipinski definition) is 3. The minimum atomic E-state index is -0.909. The van der Waals surface area contributed by atoms with Crippen LogP contribution in [0.4, 0.5) is 0 Å². The smallest absolute Gasteiger partial charge is 0.307 e. The standard InChI is InChI=1S/C23H40O4/c1-3-5-6-7-8-9-10-11-12-13-14-15-16-17-18-21(23(25)26)20-22(24)27-19-4-2/h4,8-9,21H,2-3,5-7,10-20H2,1H3,(H,25,26)/b9-8+. The van der Waals surface area contributed by atoms with E-state index >= 15 is 0 Å². The van der Waals surface area contributed by atoms with Crippen molar-refractivity contribution in [1.29, 1.82) is 0 Å². The number of carbonyl (C=O) groups is 2. The van der Waals surface area contributed by atoms with Crippen molar-refractivity contribution in [2.45, 2.75) is 96.8 Å². The molecule has 0 aliphatic carbocycles. The Balaban J connectivity index is 3.56. The maximum absolute atomic E-state index is 11.5.